The number of hydrogen-bond donors (Lipinski definition) is 1. The molecule has 0 aliphatic heterocycles. The highest BCUT2D eigenvalue weighted by atomic mass is 16.2. The molecule has 0 unspecified atom stereocenters. The molecule has 0 saturated heterocycles. The van der Waals surface area contributed by atoms with Crippen LogP contribution in [0.15, 0.2) is 67.0 Å². The second-order valence-corrected chi connectivity index (χ2v) is 6.86. The Bertz CT molecular complexity index is 925. The largest absolute Gasteiger partial charge is 0.309 e. The van der Waals surface area contributed by atoms with Gasteiger partial charge in [0.05, 0.1) is 11.9 Å². The topological polar surface area (TPSA) is 64.7 Å². The first-order valence-electron chi connectivity index (χ1n) is 9.33. The maximum Gasteiger partial charge on any atom is 0.247 e. The third-order valence-corrected chi connectivity index (χ3v) is 4.81. The van der Waals surface area contributed by atoms with Crippen molar-refractivity contribution in [3.63, 3.8) is 0 Å². The summed E-state index contributed by atoms with van der Waals surface area (Å²) in [6, 6.07) is 13.7. The van der Waals surface area contributed by atoms with Gasteiger partial charge < -0.3 is 5.32 Å². The van der Waals surface area contributed by atoms with E-state index in [9.17, 15) is 4.79 Å². The molecule has 138 valence electrons. The van der Waals surface area contributed by atoms with Crippen LogP contribution in [0.2, 0.25) is 0 Å². The number of amides is 1. The Morgan fingerprint density at radius 1 is 1.15 bits per heavy atom. The van der Waals surface area contributed by atoms with Crippen molar-refractivity contribution in [3.8, 4) is 11.3 Å². The van der Waals surface area contributed by atoms with Crippen LogP contribution in [0.1, 0.15) is 19.3 Å². The van der Waals surface area contributed by atoms with Crippen molar-refractivity contribution in [1.82, 2.24) is 19.6 Å². The number of allylic oxidation sites excluding steroid dienone is 2. The van der Waals surface area contributed by atoms with Crippen molar-refractivity contribution < 1.29 is 4.79 Å². The standard InChI is InChI=1S/C21H23N5O/c27-21(16-25-14-12-19(24-25)18-9-5-2-6-10-18)23-20-11-13-22-26(20)15-17-7-3-1-4-8-17/h1-3,5-6,9-14,17H,4,7-8,15-16H2,(H,23,27)/t17-/m0/s1. The second kappa shape index (κ2) is 8.03. The van der Waals surface area contributed by atoms with Gasteiger partial charge in [0.15, 0.2) is 0 Å². The summed E-state index contributed by atoms with van der Waals surface area (Å²) >= 11 is 0. The summed E-state index contributed by atoms with van der Waals surface area (Å²) in [4.78, 5) is 12.4. The van der Waals surface area contributed by atoms with Gasteiger partial charge in [-0.15, -0.1) is 0 Å². The van der Waals surface area contributed by atoms with Gasteiger partial charge in [0.1, 0.15) is 12.4 Å². The van der Waals surface area contributed by atoms with E-state index >= 15 is 0 Å². The minimum Gasteiger partial charge on any atom is -0.309 e. The van der Waals surface area contributed by atoms with Gasteiger partial charge in [0, 0.05) is 24.4 Å². The van der Waals surface area contributed by atoms with Crippen LogP contribution in [-0.2, 0) is 17.9 Å². The Kier molecular flexibility index (Phi) is 5.14. The summed E-state index contributed by atoms with van der Waals surface area (Å²) in [6.07, 6.45) is 11.4. The summed E-state index contributed by atoms with van der Waals surface area (Å²) < 4.78 is 3.55. The Balaban J connectivity index is 1.37. The summed E-state index contributed by atoms with van der Waals surface area (Å²) in [6.45, 7) is 0.997. The minimum atomic E-state index is -0.108. The fourth-order valence-corrected chi connectivity index (χ4v) is 3.39. The van der Waals surface area contributed by atoms with Crippen molar-refractivity contribution in [2.24, 2.45) is 5.92 Å². The second-order valence-electron chi connectivity index (χ2n) is 6.86. The molecule has 6 heteroatoms. The third-order valence-electron chi connectivity index (χ3n) is 4.81. The molecule has 0 spiro atoms. The van der Waals surface area contributed by atoms with Gasteiger partial charge in [-0.05, 0) is 31.2 Å². The van der Waals surface area contributed by atoms with Gasteiger partial charge in [-0.2, -0.15) is 10.2 Å². The smallest absolute Gasteiger partial charge is 0.247 e. The molecule has 3 aromatic rings. The van der Waals surface area contributed by atoms with Crippen LogP contribution in [0.3, 0.4) is 0 Å². The number of anilines is 1. The quantitative estimate of drug-likeness (QED) is 0.680. The summed E-state index contributed by atoms with van der Waals surface area (Å²) in [5.41, 5.74) is 1.90. The molecule has 2 heterocycles. The number of rotatable bonds is 6. The first-order chi connectivity index (χ1) is 13.3. The van der Waals surface area contributed by atoms with E-state index in [1.807, 2.05) is 53.3 Å². The Morgan fingerprint density at radius 3 is 2.85 bits per heavy atom. The summed E-state index contributed by atoms with van der Waals surface area (Å²) in [7, 11) is 0. The van der Waals surface area contributed by atoms with E-state index < -0.39 is 0 Å². The summed E-state index contributed by atoms with van der Waals surface area (Å²) in [5, 5.41) is 11.8. The lowest BCUT2D eigenvalue weighted by Gasteiger charge is -2.19. The SMILES string of the molecule is O=C(Cn1ccc(-c2ccccc2)n1)Nc1ccnn1C[C@H]1CC=CCC1. The molecule has 1 amide bonds. The molecule has 1 atom stereocenters. The van der Waals surface area contributed by atoms with Gasteiger partial charge in [-0.3, -0.25) is 9.48 Å². The predicted octanol–water partition coefficient (Wildman–Crippen LogP) is 3.74. The van der Waals surface area contributed by atoms with Crippen LogP contribution in [0.4, 0.5) is 5.82 Å². The molecule has 0 saturated carbocycles. The van der Waals surface area contributed by atoms with Gasteiger partial charge in [-0.1, -0.05) is 42.5 Å². The van der Waals surface area contributed by atoms with Crippen molar-refractivity contribution in [3.05, 3.63) is 67.0 Å². The molecule has 4 rings (SSSR count). The molecule has 6 nitrogen and oxygen atoms in total. The van der Waals surface area contributed by atoms with E-state index in [4.69, 9.17) is 0 Å². The van der Waals surface area contributed by atoms with Crippen LogP contribution in [0.5, 0.6) is 0 Å². The average Bonchev–Trinajstić information content (AvgIpc) is 3.33. The molecule has 0 radical (unpaired) electrons. The molecule has 0 fully saturated rings. The van der Waals surface area contributed by atoms with Crippen LogP contribution < -0.4 is 5.32 Å². The number of nitrogens with one attached hydrogen (secondary N) is 1. The van der Waals surface area contributed by atoms with Crippen molar-refractivity contribution >= 4 is 11.7 Å². The fraction of sp³-hybridized carbons (Fsp3) is 0.286. The zero-order valence-electron chi connectivity index (χ0n) is 15.2. The van der Waals surface area contributed by atoms with E-state index in [0.29, 0.717) is 5.92 Å². The molecule has 1 aromatic carbocycles. The highest BCUT2D eigenvalue weighted by molar-refractivity contribution is 5.89. The molecule has 27 heavy (non-hydrogen) atoms. The lowest BCUT2D eigenvalue weighted by Crippen LogP contribution is -2.22. The van der Waals surface area contributed by atoms with Gasteiger partial charge >= 0.3 is 0 Å². The highest BCUT2D eigenvalue weighted by Crippen LogP contribution is 2.21. The molecule has 1 aliphatic carbocycles. The monoisotopic (exact) mass is 361 g/mol. The van der Waals surface area contributed by atoms with Crippen molar-refractivity contribution in [2.75, 3.05) is 5.32 Å². The zero-order chi connectivity index (χ0) is 18.5. The normalized spacial score (nSPS) is 16.4. The molecule has 0 bridgehead atoms. The average molecular weight is 361 g/mol. The van der Waals surface area contributed by atoms with Gasteiger partial charge in [0.25, 0.3) is 0 Å². The number of carbonyl (C=O) groups excluding carboxylic acids is 1. The van der Waals surface area contributed by atoms with Crippen LogP contribution in [0, 0.1) is 5.92 Å². The molecule has 2 aromatic heterocycles. The Labute approximate surface area is 158 Å². The van der Waals surface area contributed by atoms with E-state index in [-0.39, 0.29) is 12.5 Å². The van der Waals surface area contributed by atoms with Gasteiger partial charge in [-0.25, -0.2) is 4.68 Å². The number of aromatic nitrogens is 4. The Hall–Kier alpha value is -3.15. The fourth-order valence-electron chi connectivity index (χ4n) is 3.39. The number of nitrogens with zero attached hydrogens (tertiary/aromatic N) is 4. The number of carbonyl (C=O) groups is 1. The molecular weight excluding hydrogens is 338 g/mol. The Morgan fingerprint density at radius 2 is 2.04 bits per heavy atom. The molecule has 1 N–H and O–H groups in total. The zero-order valence-corrected chi connectivity index (χ0v) is 15.2. The van der Waals surface area contributed by atoms with Crippen LogP contribution in [-0.4, -0.2) is 25.5 Å². The number of hydrogen-bond acceptors (Lipinski definition) is 3. The predicted molar refractivity (Wildman–Crippen MR) is 105 cm³/mol. The van der Waals surface area contributed by atoms with E-state index in [0.717, 1.165) is 36.5 Å². The van der Waals surface area contributed by atoms with E-state index in [2.05, 4.69) is 27.7 Å². The lowest BCUT2D eigenvalue weighted by molar-refractivity contribution is -0.116. The molecular formula is C21H23N5O. The third kappa shape index (κ3) is 4.34. The van der Waals surface area contributed by atoms with E-state index in [1.54, 1.807) is 10.9 Å². The van der Waals surface area contributed by atoms with Crippen LogP contribution >= 0.6 is 0 Å². The summed E-state index contributed by atoms with van der Waals surface area (Å²) in [5.74, 6) is 1.21. The molecule has 1 aliphatic rings. The number of benzene rings is 1. The lowest BCUT2D eigenvalue weighted by atomic mass is 9.94. The van der Waals surface area contributed by atoms with Crippen molar-refractivity contribution in [2.45, 2.75) is 32.4 Å². The maximum absolute atomic E-state index is 12.4. The van der Waals surface area contributed by atoms with E-state index in [1.165, 1.54) is 6.42 Å². The first-order valence-corrected chi connectivity index (χ1v) is 9.33. The highest BCUT2D eigenvalue weighted by Gasteiger charge is 2.14. The minimum absolute atomic E-state index is 0.108. The first kappa shape index (κ1) is 17.3. The van der Waals surface area contributed by atoms with Crippen LogP contribution in [0.25, 0.3) is 11.3 Å². The van der Waals surface area contributed by atoms with Crippen molar-refractivity contribution in [1.29, 1.82) is 0 Å². The van der Waals surface area contributed by atoms with Gasteiger partial charge in [0.2, 0.25) is 5.91 Å². The maximum atomic E-state index is 12.4.